The molecule has 0 saturated heterocycles. The molecule has 6 nitrogen and oxygen atoms in total. The lowest BCUT2D eigenvalue weighted by atomic mass is 10.1. The molecule has 0 radical (unpaired) electrons. The summed E-state index contributed by atoms with van der Waals surface area (Å²) >= 11 is 1.32. The average molecular weight is 391 g/mol. The second kappa shape index (κ2) is 8.55. The van der Waals surface area contributed by atoms with Crippen LogP contribution in [0.5, 0.6) is 0 Å². The van der Waals surface area contributed by atoms with Crippen LogP contribution in [0.25, 0.3) is 11.3 Å². The first kappa shape index (κ1) is 19.4. The van der Waals surface area contributed by atoms with Crippen LogP contribution in [-0.2, 0) is 10.5 Å². The van der Waals surface area contributed by atoms with Gasteiger partial charge in [-0.15, -0.1) is 0 Å². The Bertz CT molecular complexity index is 1110. The number of benzene rings is 2. The molecule has 0 fully saturated rings. The number of aromatic nitrogens is 2. The number of carbonyl (C=O) groups is 1. The third-order valence-corrected chi connectivity index (χ3v) is 5.00. The molecule has 0 aliphatic carbocycles. The van der Waals surface area contributed by atoms with Crippen LogP contribution < -0.4 is 5.56 Å². The lowest BCUT2D eigenvalue weighted by Gasteiger charge is -2.07. The number of aromatic amines is 1. The fraction of sp³-hybridized carbons (Fsp3) is 0.143. The van der Waals surface area contributed by atoms with Crippen molar-refractivity contribution in [3.63, 3.8) is 0 Å². The second-order valence-corrected chi connectivity index (χ2v) is 7.02. The smallest absolute Gasteiger partial charge is 0.337 e. The van der Waals surface area contributed by atoms with Gasteiger partial charge in [-0.25, -0.2) is 9.78 Å². The fourth-order valence-corrected chi connectivity index (χ4v) is 3.41. The number of H-pyrrole nitrogens is 1. The summed E-state index contributed by atoms with van der Waals surface area (Å²) in [6.45, 7) is 1.96. The molecule has 0 saturated carbocycles. The highest BCUT2D eigenvalue weighted by Gasteiger charge is 2.14. The standard InChI is InChI=1S/C21H17N3O3S/c1-13-6-8-15(9-7-13)18-17(11-22)19(25)24-21(23-18)28-12-14-4-3-5-16(10-14)20(26)27-2/h3-10H,12H2,1-2H3,(H,23,24,25). The van der Waals surface area contributed by atoms with Crippen LogP contribution in [0.4, 0.5) is 0 Å². The molecule has 1 heterocycles. The van der Waals surface area contributed by atoms with Gasteiger partial charge in [0.25, 0.3) is 5.56 Å². The van der Waals surface area contributed by atoms with Gasteiger partial charge in [0.05, 0.1) is 18.4 Å². The van der Waals surface area contributed by atoms with E-state index < -0.39 is 11.5 Å². The number of aryl methyl sites for hydroxylation is 1. The quantitative estimate of drug-likeness (QED) is 0.405. The summed E-state index contributed by atoms with van der Waals surface area (Å²) in [5, 5.41) is 9.76. The van der Waals surface area contributed by atoms with Gasteiger partial charge in [0.2, 0.25) is 0 Å². The Morgan fingerprint density at radius 2 is 2.00 bits per heavy atom. The molecule has 0 aliphatic rings. The molecule has 140 valence electrons. The van der Waals surface area contributed by atoms with Crippen molar-refractivity contribution in [1.82, 2.24) is 9.97 Å². The van der Waals surface area contributed by atoms with E-state index in [-0.39, 0.29) is 5.56 Å². The average Bonchev–Trinajstić information content (AvgIpc) is 2.72. The molecule has 3 rings (SSSR count). The Morgan fingerprint density at radius 3 is 2.68 bits per heavy atom. The Hall–Kier alpha value is -3.37. The molecule has 0 spiro atoms. The van der Waals surface area contributed by atoms with Gasteiger partial charge < -0.3 is 9.72 Å². The number of hydrogen-bond acceptors (Lipinski definition) is 6. The van der Waals surface area contributed by atoms with Crippen LogP contribution in [0, 0.1) is 18.3 Å². The number of rotatable bonds is 5. The molecule has 1 aromatic heterocycles. The zero-order valence-corrected chi connectivity index (χ0v) is 16.2. The van der Waals surface area contributed by atoms with Crippen LogP contribution in [0.15, 0.2) is 58.5 Å². The number of ether oxygens (including phenoxy) is 1. The van der Waals surface area contributed by atoms with E-state index in [4.69, 9.17) is 4.74 Å². The first-order chi connectivity index (χ1) is 13.5. The highest BCUT2D eigenvalue weighted by atomic mass is 32.2. The topological polar surface area (TPSA) is 95.8 Å². The normalized spacial score (nSPS) is 10.3. The van der Waals surface area contributed by atoms with Gasteiger partial charge in [-0.05, 0) is 24.6 Å². The van der Waals surface area contributed by atoms with Crippen molar-refractivity contribution in [1.29, 1.82) is 5.26 Å². The lowest BCUT2D eigenvalue weighted by Crippen LogP contribution is -2.14. The lowest BCUT2D eigenvalue weighted by molar-refractivity contribution is 0.0600. The summed E-state index contributed by atoms with van der Waals surface area (Å²) in [6, 6.07) is 16.5. The van der Waals surface area contributed by atoms with Crippen molar-refractivity contribution in [2.75, 3.05) is 7.11 Å². The number of nitrogens with zero attached hydrogens (tertiary/aromatic N) is 2. The first-order valence-electron chi connectivity index (χ1n) is 8.43. The van der Waals surface area contributed by atoms with E-state index in [0.717, 1.165) is 11.1 Å². The minimum absolute atomic E-state index is 0.0131. The SMILES string of the molecule is COC(=O)c1cccc(CSc2nc(-c3ccc(C)cc3)c(C#N)c(=O)[nH]2)c1. The van der Waals surface area contributed by atoms with Gasteiger partial charge in [0.1, 0.15) is 11.6 Å². The molecule has 1 N–H and O–H groups in total. The number of nitrogens with one attached hydrogen (secondary N) is 1. The molecule has 28 heavy (non-hydrogen) atoms. The Labute approximate surface area is 166 Å². The predicted octanol–water partition coefficient (Wildman–Crippen LogP) is 3.70. The Kier molecular flexibility index (Phi) is 5.92. The highest BCUT2D eigenvalue weighted by Crippen LogP contribution is 2.24. The van der Waals surface area contributed by atoms with Crippen LogP contribution in [0.1, 0.15) is 27.0 Å². The Balaban J connectivity index is 1.89. The van der Waals surface area contributed by atoms with E-state index >= 15 is 0 Å². The van der Waals surface area contributed by atoms with Crippen molar-refractivity contribution in [3.05, 3.63) is 81.1 Å². The van der Waals surface area contributed by atoms with E-state index in [9.17, 15) is 14.9 Å². The monoisotopic (exact) mass is 391 g/mol. The summed E-state index contributed by atoms with van der Waals surface area (Å²) in [5.74, 6) is 0.0888. The largest absolute Gasteiger partial charge is 0.465 e. The van der Waals surface area contributed by atoms with Gasteiger partial charge >= 0.3 is 5.97 Å². The summed E-state index contributed by atoms with van der Waals surface area (Å²) in [4.78, 5) is 31.1. The zero-order valence-electron chi connectivity index (χ0n) is 15.4. The predicted molar refractivity (Wildman–Crippen MR) is 107 cm³/mol. The van der Waals surface area contributed by atoms with Gasteiger partial charge in [-0.3, -0.25) is 4.79 Å². The second-order valence-electron chi connectivity index (χ2n) is 6.05. The molecule has 0 aliphatic heterocycles. The summed E-state index contributed by atoms with van der Waals surface area (Å²) in [7, 11) is 1.34. The maximum absolute atomic E-state index is 12.3. The first-order valence-corrected chi connectivity index (χ1v) is 9.42. The maximum atomic E-state index is 12.3. The number of nitriles is 1. The van der Waals surface area contributed by atoms with E-state index in [1.54, 1.807) is 18.2 Å². The molecular weight excluding hydrogens is 374 g/mol. The number of thioether (sulfide) groups is 1. The van der Waals surface area contributed by atoms with Crippen molar-refractivity contribution < 1.29 is 9.53 Å². The van der Waals surface area contributed by atoms with E-state index in [1.165, 1.54) is 18.9 Å². The minimum Gasteiger partial charge on any atom is -0.465 e. The zero-order chi connectivity index (χ0) is 20.1. The van der Waals surface area contributed by atoms with E-state index in [0.29, 0.717) is 27.7 Å². The molecule has 7 heteroatoms. The van der Waals surface area contributed by atoms with Crippen molar-refractivity contribution in [3.8, 4) is 17.3 Å². The van der Waals surface area contributed by atoms with Gasteiger partial charge in [-0.2, -0.15) is 5.26 Å². The van der Waals surface area contributed by atoms with Crippen LogP contribution >= 0.6 is 11.8 Å². The number of methoxy groups -OCH3 is 1. The summed E-state index contributed by atoms with van der Waals surface area (Å²) in [6.07, 6.45) is 0. The molecule has 0 unspecified atom stereocenters. The van der Waals surface area contributed by atoms with Crippen LogP contribution in [-0.4, -0.2) is 23.0 Å². The molecular formula is C21H17N3O3S. The molecule has 0 amide bonds. The molecule has 0 atom stereocenters. The third-order valence-electron chi connectivity index (χ3n) is 4.06. The van der Waals surface area contributed by atoms with Crippen LogP contribution in [0.3, 0.4) is 0 Å². The highest BCUT2D eigenvalue weighted by molar-refractivity contribution is 7.98. The molecule has 3 aromatic rings. The number of carbonyl (C=O) groups excluding carboxylic acids is 1. The van der Waals surface area contributed by atoms with E-state index in [2.05, 4.69) is 9.97 Å². The van der Waals surface area contributed by atoms with Gasteiger partial charge in [-0.1, -0.05) is 53.7 Å². The van der Waals surface area contributed by atoms with Crippen molar-refractivity contribution in [2.24, 2.45) is 0 Å². The minimum atomic E-state index is -0.473. The third kappa shape index (κ3) is 4.30. The Morgan fingerprint density at radius 1 is 1.25 bits per heavy atom. The van der Waals surface area contributed by atoms with E-state index in [1.807, 2.05) is 43.3 Å². The van der Waals surface area contributed by atoms with Gasteiger partial charge in [0.15, 0.2) is 5.16 Å². The summed E-state index contributed by atoms with van der Waals surface area (Å²) < 4.78 is 4.73. The number of esters is 1. The van der Waals surface area contributed by atoms with Crippen molar-refractivity contribution >= 4 is 17.7 Å². The summed E-state index contributed by atoms with van der Waals surface area (Å²) in [5.41, 5.74) is 3.01. The van der Waals surface area contributed by atoms with Crippen molar-refractivity contribution in [2.45, 2.75) is 17.8 Å². The molecule has 0 bridgehead atoms. The maximum Gasteiger partial charge on any atom is 0.337 e. The van der Waals surface area contributed by atoms with Gasteiger partial charge in [0, 0.05) is 11.3 Å². The molecule has 2 aromatic carbocycles. The number of hydrogen-bond donors (Lipinski definition) is 1. The van der Waals surface area contributed by atoms with Crippen LogP contribution in [0.2, 0.25) is 0 Å². The fourth-order valence-electron chi connectivity index (χ4n) is 2.60.